The second kappa shape index (κ2) is 6.48. The number of rotatable bonds is 3. The van der Waals surface area contributed by atoms with Crippen molar-refractivity contribution in [3.8, 4) is 22.4 Å². The monoisotopic (exact) mass is 324 g/mol. The highest BCUT2D eigenvalue weighted by Crippen LogP contribution is 2.33. The molecule has 2 nitrogen and oxygen atoms in total. The summed E-state index contributed by atoms with van der Waals surface area (Å²) in [4.78, 5) is 9.82. The highest BCUT2D eigenvalue weighted by molar-refractivity contribution is 6.00. The van der Waals surface area contributed by atoms with Crippen LogP contribution < -0.4 is 0 Å². The lowest BCUT2D eigenvalue weighted by atomic mass is 9.98. The lowest BCUT2D eigenvalue weighted by molar-refractivity contribution is 0.785. The number of para-hydroxylation sites is 1. The van der Waals surface area contributed by atoms with Gasteiger partial charge in [-0.2, -0.15) is 0 Å². The fourth-order valence-electron chi connectivity index (χ4n) is 3.09. The van der Waals surface area contributed by atoms with Gasteiger partial charge < -0.3 is 0 Å². The van der Waals surface area contributed by atoms with Gasteiger partial charge in [0, 0.05) is 22.4 Å². The van der Waals surface area contributed by atoms with Gasteiger partial charge >= 0.3 is 0 Å². The number of fused-ring (bicyclic) bond motifs is 1. The predicted octanol–water partition coefficient (Wildman–Crippen LogP) is 6.09. The van der Waals surface area contributed by atoms with E-state index in [0.717, 1.165) is 33.5 Å². The molecule has 1 aromatic heterocycles. The van der Waals surface area contributed by atoms with Gasteiger partial charge in [0.05, 0.1) is 11.2 Å². The van der Waals surface area contributed by atoms with Crippen LogP contribution in [0.25, 0.3) is 33.3 Å². The van der Waals surface area contributed by atoms with Crippen LogP contribution in [-0.2, 0) is 0 Å². The van der Waals surface area contributed by atoms with Crippen LogP contribution in [-0.4, -0.2) is 9.97 Å². The number of hydrogen-bond acceptors (Lipinski definition) is 2. The van der Waals surface area contributed by atoms with Gasteiger partial charge in [-0.15, -0.1) is 0 Å². The molecule has 1 heterocycles. The van der Waals surface area contributed by atoms with Crippen molar-refractivity contribution in [1.29, 1.82) is 0 Å². The zero-order valence-corrected chi connectivity index (χ0v) is 14.5. The van der Waals surface area contributed by atoms with Crippen LogP contribution >= 0.6 is 0 Å². The summed E-state index contributed by atoms with van der Waals surface area (Å²) in [6, 6.07) is 27.2. The summed E-state index contributed by atoms with van der Waals surface area (Å²) < 4.78 is 0. The van der Waals surface area contributed by atoms with Crippen molar-refractivity contribution in [3.63, 3.8) is 0 Å². The third kappa shape index (κ3) is 2.91. The lowest BCUT2D eigenvalue weighted by Gasteiger charge is -2.13. The van der Waals surface area contributed by atoms with Gasteiger partial charge in [0.2, 0.25) is 0 Å². The van der Waals surface area contributed by atoms with E-state index in [1.807, 2.05) is 12.1 Å². The van der Waals surface area contributed by atoms with E-state index in [2.05, 4.69) is 80.6 Å². The number of benzene rings is 3. The van der Waals surface area contributed by atoms with Crippen molar-refractivity contribution < 1.29 is 0 Å². The van der Waals surface area contributed by atoms with Gasteiger partial charge in [0.1, 0.15) is 5.82 Å². The van der Waals surface area contributed by atoms with Crippen molar-refractivity contribution in [1.82, 2.24) is 9.97 Å². The maximum Gasteiger partial charge on any atom is 0.132 e. The molecule has 4 rings (SSSR count). The van der Waals surface area contributed by atoms with Crippen LogP contribution in [0.5, 0.6) is 0 Å². The summed E-state index contributed by atoms with van der Waals surface area (Å²) in [6.45, 7) is 4.28. The van der Waals surface area contributed by atoms with Gasteiger partial charge in [0.15, 0.2) is 0 Å². The normalized spacial score (nSPS) is 11.2. The number of hydrogen-bond donors (Lipinski definition) is 0. The molecule has 3 aromatic carbocycles. The van der Waals surface area contributed by atoms with E-state index in [1.165, 1.54) is 5.56 Å². The Morgan fingerprint density at radius 2 is 1.28 bits per heavy atom. The second-order valence-electron chi connectivity index (χ2n) is 6.52. The van der Waals surface area contributed by atoms with E-state index in [0.29, 0.717) is 0 Å². The molecule has 0 aliphatic carbocycles. The molecule has 4 aromatic rings. The molecule has 0 radical (unpaired) electrons. The molecule has 0 fully saturated rings. The minimum absolute atomic E-state index is 0.274. The summed E-state index contributed by atoms with van der Waals surface area (Å²) in [6.07, 6.45) is 0. The molecule has 0 atom stereocenters. The van der Waals surface area contributed by atoms with Crippen LogP contribution in [0.3, 0.4) is 0 Å². The highest BCUT2D eigenvalue weighted by Gasteiger charge is 2.14. The highest BCUT2D eigenvalue weighted by atomic mass is 14.9. The molecular formula is C23H20N2. The first-order valence-electron chi connectivity index (χ1n) is 8.65. The lowest BCUT2D eigenvalue weighted by Crippen LogP contribution is -2.01. The average molecular weight is 324 g/mol. The maximum atomic E-state index is 4.93. The molecule has 25 heavy (non-hydrogen) atoms. The van der Waals surface area contributed by atoms with E-state index in [1.54, 1.807) is 0 Å². The van der Waals surface area contributed by atoms with E-state index in [-0.39, 0.29) is 5.92 Å². The van der Waals surface area contributed by atoms with E-state index < -0.39 is 0 Å². The molecular weight excluding hydrogens is 304 g/mol. The fourth-order valence-corrected chi connectivity index (χ4v) is 3.09. The van der Waals surface area contributed by atoms with Gasteiger partial charge in [-0.25, -0.2) is 9.97 Å². The Balaban J connectivity index is 2.07. The number of nitrogens with zero attached hydrogens (tertiary/aromatic N) is 2. The Morgan fingerprint density at radius 3 is 1.92 bits per heavy atom. The Labute approximate surface area is 148 Å². The summed E-state index contributed by atoms with van der Waals surface area (Å²) in [5.41, 5.74) is 5.49. The Kier molecular flexibility index (Phi) is 4.02. The first-order chi connectivity index (χ1) is 12.2. The topological polar surface area (TPSA) is 25.8 Å². The average Bonchev–Trinajstić information content (AvgIpc) is 2.68. The number of aromatic nitrogens is 2. The molecule has 122 valence electrons. The molecule has 0 saturated carbocycles. The zero-order valence-electron chi connectivity index (χ0n) is 14.5. The Hall–Kier alpha value is -3.00. The van der Waals surface area contributed by atoms with Crippen molar-refractivity contribution in [2.24, 2.45) is 0 Å². The molecule has 2 heteroatoms. The van der Waals surface area contributed by atoms with E-state index in [9.17, 15) is 0 Å². The van der Waals surface area contributed by atoms with Crippen LogP contribution in [0.15, 0.2) is 78.9 Å². The predicted molar refractivity (Wildman–Crippen MR) is 104 cm³/mol. The van der Waals surface area contributed by atoms with Crippen molar-refractivity contribution >= 4 is 10.9 Å². The van der Waals surface area contributed by atoms with Gasteiger partial charge in [0.25, 0.3) is 0 Å². The minimum atomic E-state index is 0.274. The van der Waals surface area contributed by atoms with E-state index in [4.69, 9.17) is 9.97 Å². The van der Waals surface area contributed by atoms with Crippen LogP contribution in [0.2, 0.25) is 0 Å². The van der Waals surface area contributed by atoms with Gasteiger partial charge in [-0.05, 0) is 5.56 Å². The first-order valence-corrected chi connectivity index (χ1v) is 8.65. The first kappa shape index (κ1) is 15.5. The van der Waals surface area contributed by atoms with Crippen molar-refractivity contribution in [3.05, 3.63) is 84.7 Å². The van der Waals surface area contributed by atoms with Crippen LogP contribution in [0, 0.1) is 0 Å². The van der Waals surface area contributed by atoms with Crippen LogP contribution in [0.1, 0.15) is 25.6 Å². The minimum Gasteiger partial charge on any atom is -0.232 e. The summed E-state index contributed by atoms with van der Waals surface area (Å²) in [7, 11) is 0. The summed E-state index contributed by atoms with van der Waals surface area (Å²) in [5, 5.41) is 1.09. The van der Waals surface area contributed by atoms with E-state index >= 15 is 0 Å². The summed E-state index contributed by atoms with van der Waals surface area (Å²) in [5.74, 6) is 1.16. The quantitative estimate of drug-likeness (QED) is 0.456. The SMILES string of the molecule is CC(C)c1nc(-c2ccccc2)c2cccc(-c3ccccc3)c2n1. The maximum absolute atomic E-state index is 4.93. The van der Waals surface area contributed by atoms with Gasteiger partial charge in [-0.1, -0.05) is 92.7 Å². The second-order valence-corrected chi connectivity index (χ2v) is 6.52. The molecule has 0 aliphatic heterocycles. The largest absolute Gasteiger partial charge is 0.232 e. The molecule has 0 amide bonds. The molecule has 0 N–H and O–H groups in total. The molecule has 0 bridgehead atoms. The Morgan fingerprint density at radius 1 is 0.640 bits per heavy atom. The molecule has 0 saturated heterocycles. The third-order valence-electron chi connectivity index (χ3n) is 4.39. The standard InChI is InChI=1S/C23H20N2/c1-16(2)23-24-21(18-12-7-4-8-13-18)20-15-9-14-19(22(20)25-23)17-10-5-3-6-11-17/h3-16H,1-2H3. The van der Waals surface area contributed by atoms with Crippen molar-refractivity contribution in [2.45, 2.75) is 19.8 Å². The third-order valence-corrected chi connectivity index (χ3v) is 4.39. The fraction of sp³-hybridized carbons (Fsp3) is 0.130. The molecule has 0 spiro atoms. The smallest absolute Gasteiger partial charge is 0.132 e. The molecule has 0 aliphatic rings. The molecule has 0 unspecified atom stereocenters. The zero-order chi connectivity index (χ0) is 17.2. The summed E-state index contributed by atoms with van der Waals surface area (Å²) >= 11 is 0. The van der Waals surface area contributed by atoms with Gasteiger partial charge in [-0.3, -0.25) is 0 Å². The van der Waals surface area contributed by atoms with Crippen molar-refractivity contribution in [2.75, 3.05) is 0 Å². The Bertz CT molecular complexity index is 1010. The van der Waals surface area contributed by atoms with Crippen LogP contribution in [0.4, 0.5) is 0 Å².